The molecule has 0 radical (unpaired) electrons. The summed E-state index contributed by atoms with van der Waals surface area (Å²) in [5, 5.41) is 2.83. The van der Waals surface area contributed by atoms with E-state index in [-0.39, 0.29) is 30.0 Å². The van der Waals surface area contributed by atoms with Gasteiger partial charge in [-0.1, -0.05) is 0 Å². The molecule has 1 aromatic carbocycles. The predicted octanol–water partition coefficient (Wildman–Crippen LogP) is 1.31. The van der Waals surface area contributed by atoms with Gasteiger partial charge in [0.15, 0.2) is 6.61 Å². The summed E-state index contributed by atoms with van der Waals surface area (Å²) < 4.78 is 23.1. The number of carbonyl (C=O) groups is 2. The van der Waals surface area contributed by atoms with Gasteiger partial charge in [-0.25, -0.2) is 9.18 Å². The molecule has 2 fully saturated rings. The zero-order valence-corrected chi connectivity index (χ0v) is 12.0. The standard InChI is InChI=1S/C15H17FN2O4/c16-11-1-3-12(4-2-11)21-9-13(19)18-7-5-15(6-8-18)10-22-14(20)17-15/h1-4H,5-10H2,(H,17,20). The van der Waals surface area contributed by atoms with Crippen LogP contribution in [0.4, 0.5) is 9.18 Å². The number of nitrogens with zero attached hydrogens (tertiary/aromatic N) is 1. The molecule has 1 aromatic rings. The van der Waals surface area contributed by atoms with Crippen LogP contribution in [0.25, 0.3) is 0 Å². The van der Waals surface area contributed by atoms with Crippen LogP contribution in [0.3, 0.4) is 0 Å². The van der Waals surface area contributed by atoms with E-state index >= 15 is 0 Å². The number of rotatable bonds is 3. The quantitative estimate of drug-likeness (QED) is 0.914. The summed E-state index contributed by atoms with van der Waals surface area (Å²) in [6, 6.07) is 5.54. The number of nitrogens with one attached hydrogen (secondary N) is 1. The first-order valence-electron chi connectivity index (χ1n) is 7.17. The molecule has 2 heterocycles. The molecule has 6 nitrogen and oxygen atoms in total. The number of piperidine rings is 1. The monoisotopic (exact) mass is 308 g/mol. The van der Waals surface area contributed by atoms with Crippen LogP contribution in [0.15, 0.2) is 24.3 Å². The number of alkyl carbamates (subject to hydrolysis) is 1. The Bertz CT molecular complexity index is 567. The van der Waals surface area contributed by atoms with Gasteiger partial charge in [-0.15, -0.1) is 0 Å². The first kappa shape index (κ1) is 14.6. The summed E-state index contributed by atoms with van der Waals surface area (Å²) in [4.78, 5) is 25.0. The average molecular weight is 308 g/mol. The lowest BCUT2D eigenvalue weighted by Gasteiger charge is -2.37. The minimum atomic E-state index is -0.389. The number of benzene rings is 1. The van der Waals surface area contributed by atoms with Gasteiger partial charge in [0, 0.05) is 13.1 Å². The summed E-state index contributed by atoms with van der Waals surface area (Å²) >= 11 is 0. The van der Waals surface area contributed by atoms with Crippen molar-refractivity contribution in [2.45, 2.75) is 18.4 Å². The topological polar surface area (TPSA) is 67.9 Å². The van der Waals surface area contributed by atoms with Crippen LogP contribution in [0.1, 0.15) is 12.8 Å². The molecule has 2 amide bonds. The van der Waals surface area contributed by atoms with Crippen molar-refractivity contribution in [2.24, 2.45) is 0 Å². The number of amides is 2. The highest BCUT2D eigenvalue weighted by atomic mass is 19.1. The van der Waals surface area contributed by atoms with Gasteiger partial charge in [0.25, 0.3) is 5.91 Å². The number of cyclic esters (lactones) is 1. The molecule has 0 aliphatic carbocycles. The third-order valence-electron chi connectivity index (χ3n) is 4.10. The van der Waals surface area contributed by atoms with E-state index in [0.29, 0.717) is 38.3 Å². The third kappa shape index (κ3) is 3.13. The van der Waals surface area contributed by atoms with Gasteiger partial charge in [0.05, 0.1) is 5.54 Å². The van der Waals surface area contributed by atoms with Gasteiger partial charge in [-0.2, -0.15) is 0 Å². The molecule has 7 heteroatoms. The van der Waals surface area contributed by atoms with Gasteiger partial charge in [0.1, 0.15) is 18.2 Å². The molecule has 2 aliphatic rings. The Morgan fingerprint density at radius 3 is 2.59 bits per heavy atom. The Morgan fingerprint density at radius 1 is 1.32 bits per heavy atom. The molecule has 0 atom stereocenters. The van der Waals surface area contributed by atoms with E-state index in [4.69, 9.17) is 9.47 Å². The highest BCUT2D eigenvalue weighted by Crippen LogP contribution is 2.26. The Kier molecular flexibility index (Phi) is 3.87. The smallest absolute Gasteiger partial charge is 0.407 e. The van der Waals surface area contributed by atoms with Crippen molar-refractivity contribution in [3.05, 3.63) is 30.1 Å². The molecule has 118 valence electrons. The number of ether oxygens (including phenoxy) is 2. The van der Waals surface area contributed by atoms with Crippen molar-refractivity contribution in [1.29, 1.82) is 0 Å². The fraction of sp³-hybridized carbons (Fsp3) is 0.467. The minimum absolute atomic E-state index is 0.0819. The second-order valence-electron chi connectivity index (χ2n) is 5.60. The first-order valence-corrected chi connectivity index (χ1v) is 7.17. The molecule has 0 aromatic heterocycles. The number of halogens is 1. The number of likely N-dealkylation sites (tertiary alicyclic amines) is 1. The maximum atomic E-state index is 12.8. The van der Waals surface area contributed by atoms with E-state index in [1.165, 1.54) is 24.3 Å². The maximum absolute atomic E-state index is 12.8. The van der Waals surface area contributed by atoms with Crippen LogP contribution in [-0.2, 0) is 9.53 Å². The van der Waals surface area contributed by atoms with Gasteiger partial charge >= 0.3 is 6.09 Å². The van der Waals surface area contributed by atoms with Crippen molar-refractivity contribution in [1.82, 2.24) is 10.2 Å². The fourth-order valence-corrected chi connectivity index (χ4v) is 2.71. The van der Waals surface area contributed by atoms with Gasteiger partial charge < -0.3 is 19.7 Å². The van der Waals surface area contributed by atoms with Crippen molar-refractivity contribution >= 4 is 12.0 Å². The molecule has 22 heavy (non-hydrogen) atoms. The van der Waals surface area contributed by atoms with Crippen molar-refractivity contribution < 1.29 is 23.5 Å². The summed E-state index contributed by atoms with van der Waals surface area (Å²) in [5.41, 5.74) is -0.328. The van der Waals surface area contributed by atoms with Gasteiger partial charge in [-0.3, -0.25) is 4.79 Å². The summed E-state index contributed by atoms with van der Waals surface area (Å²) in [6.45, 7) is 1.38. The highest BCUT2D eigenvalue weighted by Gasteiger charge is 2.42. The third-order valence-corrected chi connectivity index (χ3v) is 4.10. The first-order chi connectivity index (χ1) is 10.6. The maximum Gasteiger partial charge on any atom is 0.407 e. The largest absolute Gasteiger partial charge is 0.484 e. The molecule has 0 bridgehead atoms. The van der Waals surface area contributed by atoms with Crippen molar-refractivity contribution in [3.8, 4) is 5.75 Å². The van der Waals surface area contributed by atoms with Crippen LogP contribution in [-0.4, -0.2) is 48.7 Å². The second-order valence-corrected chi connectivity index (χ2v) is 5.60. The van der Waals surface area contributed by atoms with E-state index in [9.17, 15) is 14.0 Å². The van der Waals surface area contributed by atoms with Crippen LogP contribution < -0.4 is 10.1 Å². The summed E-state index contributed by atoms with van der Waals surface area (Å²) in [5.74, 6) is -0.00932. The van der Waals surface area contributed by atoms with Crippen LogP contribution in [0, 0.1) is 5.82 Å². The molecule has 3 rings (SSSR count). The lowest BCUT2D eigenvalue weighted by atomic mass is 9.89. The number of hydrogen-bond acceptors (Lipinski definition) is 4. The normalized spacial score (nSPS) is 19.7. The second kappa shape index (κ2) is 5.82. The number of carbonyl (C=O) groups excluding carboxylic acids is 2. The van der Waals surface area contributed by atoms with E-state index in [2.05, 4.69) is 5.32 Å². The zero-order valence-electron chi connectivity index (χ0n) is 12.0. The summed E-state index contributed by atoms with van der Waals surface area (Å²) in [6.07, 6.45) is 0.946. The van der Waals surface area contributed by atoms with Crippen molar-refractivity contribution in [2.75, 3.05) is 26.3 Å². The van der Waals surface area contributed by atoms with Crippen LogP contribution >= 0.6 is 0 Å². The average Bonchev–Trinajstić information content (AvgIpc) is 2.88. The van der Waals surface area contributed by atoms with Crippen LogP contribution in [0.5, 0.6) is 5.75 Å². The fourth-order valence-electron chi connectivity index (χ4n) is 2.71. The van der Waals surface area contributed by atoms with E-state index in [1.807, 2.05) is 0 Å². The SMILES string of the molecule is O=C1NC2(CCN(C(=O)COc3ccc(F)cc3)CC2)CO1. The molecule has 0 saturated carbocycles. The van der Waals surface area contributed by atoms with Gasteiger partial charge in [0.2, 0.25) is 0 Å². The lowest BCUT2D eigenvalue weighted by Crippen LogP contribution is -2.54. The highest BCUT2D eigenvalue weighted by molar-refractivity contribution is 5.78. The molecule has 0 unspecified atom stereocenters. The Hall–Kier alpha value is -2.31. The molecule has 1 N–H and O–H groups in total. The van der Waals surface area contributed by atoms with Crippen LogP contribution in [0.2, 0.25) is 0 Å². The Labute approximate surface area is 127 Å². The van der Waals surface area contributed by atoms with Gasteiger partial charge in [-0.05, 0) is 37.1 Å². The molecule has 1 spiro atoms. The van der Waals surface area contributed by atoms with E-state index in [0.717, 1.165) is 0 Å². The van der Waals surface area contributed by atoms with E-state index in [1.54, 1.807) is 4.90 Å². The summed E-state index contributed by atoms with van der Waals surface area (Å²) in [7, 11) is 0. The lowest BCUT2D eigenvalue weighted by molar-refractivity contribution is -0.135. The zero-order chi connectivity index (χ0) is 15.6. The Morgan fingerprint density at radius 2 is 2.00 bits per heavy atom. The predicted molar refractivity (Wildman–Crippen MR) is 74.9 cm³/mol. The Balaban J connectivity index is 1.48. The van der Waals surface area contributed by atoms with E-state index < -0.39 is 0 Å². The minimum Gasteiger partial charge on any atom is -0.484 e. The molecular weight excluding hydrogens is 291 g/mol. The molecular formula is C15H17FN2O4. The molecule has 2 aliphatic heterocycles. The van der Waals surface area contributed by atoms with Crippen molar-refractivity contribution in [3.63, 3.8) is 0 Å². The number of hydrogen-bond donors (Lipinski definition) is 1. The molecule has 2 saturated heterocycles.